The van der Waals surface area contributed by atoms with Gasteiger partial charge in [-0.05, 0) is 55.7 Å². The van der Waals surface area contributed by atoms with Crippen molar-refractivity contribution in [3.05, 3.63) is 68.1 Å². The molecule has 1 aliphatic rings. The van der Waals surface area contributed by atoms with Crippen molar-refractivity contribution < 1.29 is 4.79 Å². The van der Waals surface area contributed by atoms with Crippen LogP contribution in [0.15, 0.2) is 46.9 Å². The van der Waals surface area contributed by atoms with Crippen LogP contribution in [0.5, 0.6) is 0 Å². The Hall–Kier alpha value is -1.03. The lowest BCUT2D eigenvalue weighted by Crippen LogP contribution is -2.41. The normalized spacial score (nSPS) is 16.7. The molecular weight excluding hydrogens is 397 g/mol. The first-order chi connectivity index (χ1) is 10.9. The Balaban J connectivity index is 1.75. The average molecular weight is 413 g/mol. The van der Waals surface area contributed by atoms with E-state index in [9.17, 15) is 4.79 Å². The summed E-state index contributed by atoms with van der Waals surface area (Å²) in [6.45, 7) is 2.06. The molecule has 120 valence electrons. The number of hydrogen-bond acceptors (Lipinski definition) is 1. The van der Waals surface area contributed by atoms with Gasteiger partial charge >= 0.3 is 0 Å². The van der Waals surface area contributed by atoms with Crippen molar-refractivity contribution in [1.29, 1.82) is 0 Å². The largest absolute Gasteiger partial charge is 0.349 e. The molecule has 1 amide bonds. The van der Waals surface area contributed by atoms with Crippen molar-refractivity contribution >= 4 is 45.0 Å². The minimum atomic E-state index is -0.126. The fraction of sp³-hybridized carbons (Fsp3) is 0.278. The number of halogens is 3. The van der Waals surface area contributed by atoms with Crippen LogP contribution in [-0.4, -0.2) is 11.9 Å². The van der Waals surface area contributed by atoms with Gasteiger partial charge in [0.25, 0.3) is 5.91 Å². The topological polar surface area (TPSA) is 29.1 Å². The summed E-state index contributed by atoms with van der Waals surface area (Å²) in [5.74, 6) is -0.126. The summed E-state index contributed by atoms with van der Waals surface area (Å²) in [6.07, 6.45) is 2.16. The summed E-state index contributed by atoms with van der Waals surface area (Å²) in [7, 11) is 0. The van der Waals surface area contributed by atoms with Crippen molar-refractivity contribution in [2.45, 2.75) is 31.2 Å². The molecule has 2 aromatic rings. The second kappa shape index (κ2) is 6.46. The summed E-state index contributed by atoms with van der Waals surface area (Å²) in [4.78, 5) is 12.5. The number of hydrogen-bond donors (Lipinski definition) is 1. The van der Waals surface area contributed by atoms with Crippen molar-refractivity contribution in [3.8, 4) is 0 Å². The third-order valence-electron chi connectivity index (χ3n) is 4.57. The number of benzene rings is 2. The second-order valence-electron chi connectivity index (χ2n) is 5.99. The van der Waals surface area contributed by atoms with Crippen LogP contribution in [0, 0.1) is 0 Å². The summed E-state index contributed by atoms with van der Waals surface area (Å²) in [5, 5.41) is 3.95. The van der Waals surface area contributed by atoms with Gasteiger partial charge in [-0.3, -0.25) is 4.79 Å². The first kappa shape index (κ1) is 16.8. The molecule has 0 heterocycles. The second-order valence-corrected chi connectivity index (χ2v) is 7.72. The lowest BCUT2D eigenvalue weighted by molar-refractivity contribution is 0.0932. The minimum absolute atomic E-state index is 0.0343. The zero-order chi connectivity index (χ0) is 16.6. The molecule has 0 aliphatic heterocycles. The van der Waals surface area contributed by atoms with Crippen LogP contribution in [0.3, 0.4) is 0 Å². The Bertz CT molecular complexity index is 741. The molecule has 1 fully saturated rings. The molecule has 1 unspecified atom stereocenters. The van der Waals surface area contributed by atoms with Gasteiger partial charge in [0.2, 0.25) is 0 Å². The molecule has 1 atom stereocenters. The van der Waals surface area contributed by atoms with E-state index in [4.69, 9.17) is 23.2 Å². The molecule has 1 aliphatic carbocycles. The van der Waals surface area contributed by atoms with Gasteiger partial charge in [0.15, 0.2) is 0 Å². The predicted molar refractivity (Wildman–Crippen MR) is 98.4 cm³/mol. The monoisotopic (exact) mass is 411 g/mol. The molecule has 0 spiro atoms. The quantitative estimate of drug-likeness (QED) is 0.694. The van der Waals surface area contributed by atoms with Gasteiger partial charge in [-0.2, -0.15) is 0 Å². The van der Waals surface area contributed by atoms with Crippen LogP contribution in [0.1, 0.15) is 35.7 Å². The maximum atomic E-state index is 12.5. The molecule has 5 heteroatoms. The van der Waals surface area contributed by atoms with Crippen LogP contribution >= 0.6 is 39.1 Å². The van der Waals surface area contributed by atoms with Gasteiger partial charge in [0.05, 0.1) is 10.0 Å². The van der Waals surface area contributed by atoms with Crippen molar-refractivity contribution in [3.63, 3.8) is 0 Å². The third kappa shape index (κ3) is 3.42. The number of nitrogens with one attached hydrogen (secondary N) is 1. The predicted octanol–water partition coefficient (Wildman–Crippen LogP) is 5.61. The van der Waals surface area contributed by atoms with Crippen LogP contribution in [0.2, 0.25) is 10.0 Å². The average Bonchev–Trinajstić information content (AvgIpc) is 3.32. The third-order valence-corrected chi connectivity index (χ3v) is 5.83. The molecule has 0 aromatic heterocycles. The number of amides is 1. The number of rotatable bonds is 4. The molecule has 23 heavy (non-hydrogen) atoms. The van der Waals surface area contributed by atoms with Crippen LogP contribution in [-0.2, 0) is 5.41 Å². The molecule has 2 nitrogen and oxygen atoms in total. The molecule has 1 saturated carbocycles. The summed E-state index contributed by atoms with van der Waals surface area (Å²) >= 11 is 15.4. The molecule has 0 radical (unpaired) electrons. The van der Waals surface area contributed by atoms with E-state index in [0.717, 1.165) is 17.3 Å². The minimum Gasteiger partial charge on any atom is -0.349 e. The van der Waals surface area contributed by atoms with E-state index in [1.807, 2.05) is 12.1 Å². The van der Waals surface area contributed by atoms with Crippen LogP contribution in [0.4, 0.5) is 0 Å². The van der Waals surface area contributed by atoms with Gasteiger partial charge in [0.1, 0.15) is 0 Å². The maximum Gasteiger partial charge on any atom is 0.251 e. The Morgan fingerprint density at radius 1 is 1.13 bits per heavy atom. The lowest BCUT2D eigenvalue weighted by Gasteiger charge is -2.25. The fourth-order valence-corrected chi connectivity index (χ4v) is 3.51. The lowest BCUT2D eigenvalue weighted by atomic mass is 9.89. The van der Waals surface area contributed by atoms with Crippen molar-refractivity contribution in [2.75, 3.05) is 0 Å². The number of carbonyl (C=O) groups is 1. The molecule has 0 saturated heterocycles. The Kier molecular flexibility index (Phi) is 4.73. The zero-order valence-electron chi connectivity index (χ0n) is 12.6. The van der Waals surface area contributed by atoms with E-state index in [2.05, 4.69) is 40.3 Å². The first-order valence-corrected chi connectivity index (χ1v) is 8.99. The smallest absolute Gasteiger partial charge is 0.251 e. The highest BCUT2D eigenvalue weighted by Gasteiger charge is 2.49. The summed E-state index contributed by atoms with van der Waals surface area (Å²) in [5.41, 5.74) is 1.83. The maximum absolute atomic E-state index is 12.5. The van der Waals surface area contributed by atoms with Crippen LogP contribution < -0.4 is 5.32 Å². The standard InChI is InChI=1S/C18H16BrCl2NO/c1-11(18(8-9-18)13-3-5-14(19)6-4-13)22-17(23)12-2-7-15(20)16(21)10-12/h2-7,10-11H,8-9H2,1H3,(H,22,23). The first-order valence-electron chi connectivity index (χ1n) is 7.44. The summed E-state index contributed by atoms with van der Waals surface area (Å²) in [6, 6.07) is 13.3. The van der Waals surface area contributed by atoms with E-state index < -0.39 is 0 Å². The van der Waals surface area contributed by atoms with Crippen LogP contribution in [0.25, 0.3) is 0 Å². The van der Waals surface area contributed by atoms with Crippen molar-refractivity contribution in [2.24, 2.45) is 0 Å². The van der Waals surface area contributed by atoms with E-state index in [1.54, 1.807) is 18.2 Å². The van der Waals surface area contributed by atoms with E-state index >= 15 is 0 Å². The van der Waals surface area contributed by atoms with Gasteiger partial charge in [-0.1, -0.05) is 51.3 Å². The molecule has 2 aromatic carbocycles. The molecule has 0 bridgehead atoms. The molecule has 1 N–H and O–H groups in total. The highest BCUT2D eigenvalue weighted by Crippen LogP contribution is 2.51. The van der Waals surface area contributed by atoms with E-state index in [0.29, 0.717) is 15.6 Å². The Morgan fingerprint density at radius 3 is 2.35 bits per heavy atom. The van der Waals surface area contributed by atoms with Gasteiger partial charge in [-0.15, -0.1) is 0 Å². The van der Waals surface area contributed by atoms with Crippen molar-refractivity contribution in [1.82, 2.24) is 5.32 Å². The van der Waals surface area contributed by atoms with Gasteiger partial charge in [-0.25, -0.2) is 0 Å². The van der Waals surface area contributed by atoms with Gasteiger partial charge < -0.3 is 5.32 Å². The van der Waals surface area contributed by atoms with E-state index in [1.165, 1.54) is 5.56 Å². The van der Waals surface area contributed by atoms with E-state index in [-0.39, 0.29) is 17.4 Å². The Morgan fingerprint density at radius 2 is 1.78 bits per heavy atom. The zero-order valence-corrected chi connectivity index (χ0v) is 15.7. The highest BCUT2D eigenvalue weighted by atomic mass is 79.9. The highest BCUT2D eigenvalue weighted by molar-refractivity contribution is 9.10. The number of carbonyl (C=O) groups excluding carboxylic acids is 1. The molecular formula is C18H16BrCl2NO. The summed E-state index contributed by atoms with van der Waals surface area (Å²) < 4.78 is 1.06. The Labute approximate surface area is 154 Å². The SMILES string of the molecule is CC(NC(=O)c1ccc(Cl)c(Cl)c1)C1(c2ccc(Br)cc2)CC1. The molecule has 3 rings (SSSR count). The van der Waals surface area contributed by atoms with Gasteiger partial charge in [0, 0.05) is 21.5 Å². The fourth-order valence-electron chi connectivity index (χ4n) is 2.94.